The maximum atomic E-state index is 5.52. The van der Waals surface area contributed by atoms with Gasteiger partial charge in [-0.05, 0) is 18.1 Å². The first kappa shape index (κ1) is 11.1. The van der Waals surface area contributed by atoms with Crippen molar-refractivity contribution in [3.05, 3.63) is 29.8 Å². The van der Waals surface area contributed by atoms with E-state index in [4.69, 9.17) is 5.73 Å². The van der Waals surface area contributed by atoms with Crippen molar-refractivity contribution in [3.8, 4) is 0 Å². The zero-order valence-corrected chi connectivity index (χ0v) is 9.16. The lowest BCUT2D eigenvalue weighted by molar-refractivity contribution is 0.821. The second kappa shape index (κ2) is 5.66. The molecule has 14 heavy (non-hydrogen) atoms. The van der Waals surface area contributed by atoms with Crippen LogP contribution in [0.3, 0.4) is 0 Å². The van der Waals surface area contributed by atoms with Crippen LogP contribution in [0.4, 0.5) is 5.69 Å². The number of nitrogens with two attached hydrogens (primary N) is 1. The molecule has 0 fully saturated rings. The standard InChI is InChI=1S/C10H14N2.C2H6/c11-6-8-12-7-5-9-3-1-2-4-10(9)12;1-2/h1-4H,5-8,11H2;1-2H3. The van der Waals surface area contributed by atoms with Gasteiger partial charge < -0.3 is 10.6 Å². The van der Waals surface area contributed by atoms with E-state index in [0.29, 0.717) is 0 Å². The van der Waals surface area contributed by atoms with Gasteiger partial charge in [-0.15, -0.1) is 0 Å². The van der Waals surface area contributed by atoms with Crippen LogP contribution in [0.5, 0.6) is 0 Å². The van der Waals surface area contributed by atoms with E-state index in [9.17, 15) is 0 Å². The van der Waals surface area contributed by atoms with E-state index in [-0.39, 0.29) is 0 Å². The first-order valence-corrected chi connectivity index (χ1v) is 5.45. The Kier molecular flexibility index (Phi) is 4.47. The molecule has 0 unspecified atom stereocenters. The van der Waals surface area contributed by atoms with Crippen LogP contribution >= 0.6 is 0 Å². The maximum Gasteiger partial charge on any atom is 0.0399 e. The Morgan fingerprint density at radius 1 is 1.29 bits per heavy atom. The summed E-state index contributed by atoms with van der Waals surface area (Å²) in [5.41, 5.74) is 8.37. The molecule has 0 bridgehead atoms. The first-order chi connectivity index (χ1) is 6.92. The summed E-state index contributed by atoms with van der Waals surface area (Å²) in [5.74, 6) is 0. The summed E-state index contributed by atoms with van der Waals surface area (Å²) < 4.78 is 0. The topological polar surface area (TPSA) is 29.3 Å². The molecule has 0 saturated heterocycles. The molecule has 2 heteroatoms. The quantitative estimate of drug-likeness (QED) is 0.777. The second-order valence-electron chi connectivity index (χ2n) is 3.15. The number of rotatable bonds is 2. The highest BCUT2D eigenvalue weighted by Crippen LogP contribution is 2.26. The number of benzene rings is 1. The minimum absolute atomic E-state index is 0.744. The van der Waals surface area contributed by atoms with Gasteiger partial charge in [-0.25, -0.2) is 0 Å². The van der Waals surface area contributed by atoms with E-state index in [1.165, 1.54) is 17.7 Å². The van der Waals surface area contributed by atoms with Crippen molar-refractivity contribution in [1.82, 2.24) is 0 Å². The zero-order chi connectivity index (χ0) is 10.4. The molecule has 2 nitrogen and oxygen atoms in total. The molecule has 1 aromatic carbocycles. The first-order valence-electron chi connectivity index (χ1n) is 5.45. The van der Waals surface area contributed by atoms with Crippen LogP contribution in [-0.2, 0) is 6.42 Å². The van der Waals surface area contributed by atoms with E-state index in [0.717, 1.165) is 19.6 Å². The van der Waals surface area contributed by atoms with Gasteiger partial charge in [0.15, 0.2) is 0 Å². The highest BCUT2D eigenvalue weighted by molar-refractivity contribution is 5.57. The molecule has 0 amide bonds. The van der Waals surface area contributed by atoms with Crippen molar-refractivity contribution >= 4 is 5.69 Å². The molecule has 78 valence electrons. The summed E-state index contributed by atoms with van der Waals surface area (Å²) in [5, 5.41) is 0. The van der Waals surface area contributed by atoms with Crippen molar-refractivity contribution < 1.29 is 0 Å². The van der Waals surface area contributed by atoms with Gasteiger partial charge in [0.05, 0.1) is 0 Å². The summed E-state index contributed by atoms with van der Waals surface area (Å²) in [6, 6.07) is 8.57. The van der Waals surface area contributed by atoms with Gasteiger partial charge in [0.25, 0.3) is 0 Å². The number of para-hydroxylation sites is 1. The van der Waals surface area contributed by atoms with Gasteiger partial charge in [-0.2, -0.15) is 0 Å². The van der Waals surface area contributed by atoms with Crippen molar-refractivity contribution in [3.63, 3.8) is 0 Å². The minimum Gasteiger partial charge on any atom is -0.370 e. The average molecular weight is 192 g/mol. The van der Waals surface area contributed by atoms with Crippen LogP contribution in [0.15, 0.2) is 24.3 Å². The van der Waals surface area contributed by atoms with Gasteiger partial charge in [0.2, 0.25) is 0 Å². The Morgan fingerprint density at radius 3 is 2.71 bits per heavy atom. The number of nitrogens with zero attached hydrogens (tertiary/aromatic N) is 1. The molecule has 0 aromatic heterocycles. The summed E-state index contributed by atoms with van der Waals surface area (Å²) >= 11 is 0. The minimum atomic E-state index is 0.744. The average Bonchev–Trinajstić information content (AvgIpc) is 2.66. The molecule has 0 atom stereocenters. The van der Waals surface area contributed by atoms with Crippen molar-refractivity contribution in [2.75, 3.05) is 24.5 Å². The molecular formula is C12H20N2. The van der Waals surface area contributed by atoms with Gasteiger partial charge in [-0.3, -0.25) is 0 Å². The zero-order valence-electron chi connectivity index (χ0n) is 9.16. The van der Waals surface area contributed by atoms with Gasteiger partial charge in [0.1, 0.15) is 0 Å². The summed E-state index contributed by atoms with van der Waals surface area (Å²) in [7, 11) is 0. The van der Waals surface area contributed by atoms with Gasteiger partial charge in [0, 0.05) is 25.3 Å². The Bertz CT molecular complexity index is 269. The molecule has 2 rings (SSSR count). The van der Waals surface area contributed by atoms with Gasteiger partial charge in [-0.1, -0.05) is 32.0 Å². The van der Waals surface area contributed by atoms with E-state index in [2.05, 4.69) is 29.2 Å². The highest BCUT2D eigenvalue weighted by atomic mass is 15.1. The largest absolute Gasteiger partial charge is 0.370 e. The van der Waals surface area contributed by atoms with Crippen LogP contribution < -0.4 is 10.6 Å². The Labute approximate surface area is 86.7 Å². The Morgan fingerprint density at radius 2 is 2.00 bits per heavy atom. The highest BCUT2D eigenvalue weighted by Gasteiger charge is 2.16. The van der Waals surface area contributed by atoms with Crippen LogP contribution in [0.1, 0.15) is 19.4 Å². The monoisotopic (exact) mass is 192 g/mol. The molecule has 1 aromatic rings. The van der Waals surface area contributed by atoms with E-state index in [1.807, 2.05) is 13.8 Å². The van der Waals surface area contributed by atoms with Crippen LogP contribution in [-0.4, -0.2) is 19.6 Å². The molecule has 0 radical (unpaired) electrons. The lowest BCUT2D eigenvalue weighted by atomic mass is 10.2. The fourth-order valence-electron chi connectivity index (χ4n) is 1.79. The maximum absolute atomic E-state index is 5.52. The number of hydrogen-bond acceptors (Lipinski definition) is 2. The smallest absolute Gasteiger partial charge is 0.0399 e. The predicted molar refractivity (Wildman–Crippen MR) is 62.8 cm³/mol. The molecule has 1 aliphatic heterocycles. The van der Waals surface area contributed by atoms with E-state index in [1.54, 1.807) is 0 Å². The third-order valence-electron chi connectivity index (χ3n) is 2.38. The number of fused-ring (bicyclic) bond motifs is 1. The number of anilines is 1. The molecule has 2 N–H and O–H groups in total. The Hall–Kier alpha value is -1.02. The molecule has 0 aliphatic carbocycles. The lowest BCUT2D eigenvalue weighted by Gasteiger charge is -2.17. The molecule has 1 aliphatic rings. The summed E-state index contributed by atoms with van der Waals surface area (Å²) in [6.07, 6.45) is 1.18. The van der Waals surface area contributed by atoms with Crippen LogP contribution in [0, 0.1) is 0 Å². The van der Waals surface area contributed by atoms with E-state index < -0.39 is 0 Å². The third-order valence-corrected chi connectivity index (χ3v) is 2.38. The van der Waals surface area contributed by atoms with Crippen LogP contribution in [0.25, 0.3) is 0 Å². The molecule has 0 saturated carbocycles. The van der Waals surface area contributed by atoms with Crippen molar-refractivity contribution in [2.24, 2.45) is 5.73 Å². The predicted octanol–water partition coefficient (Wildman–Crippen LogP) is 2.03. The Balaban J connectivity index is 0.000000461. The summed E-state index contributed by atoms with van der Waals surface area (Å²) in [4.78, 5) is 2.36. The molecule has 1 heterocycles. The number of hydrogen-bond donors (Lipinski definition) is 1. The van der Waals surface area contributed by atoms with Crippen LogP contribution in [0.2, 0.25) is 0 Å². The van der Waals surface area contributed by atoms with Crippen molar-refractivity contribution in [2.45, 2.75) is 20.3 Å². The van der Waals surface area contributed by atoms with Gasteiger partial charge >= 0.3 is 0 Å². The van der Waals surface area contributed by atoms with E-state index >= 15 is 0 Å². The second-order valence-corrected chi connectivity index (χ2v) is 3.15. The van der Waals surface area contributed by atoms with Crippen molar-refractivity contribution in [1.29, 1.82) is 0 Å². The summed E-state index contributed by atoms with van der Waals surface area (Å²) in [6.45, 7) is 6.86. The third kappa shape index (κ3) is 2.26. The molecule has 0 spiro atoms. The fourth-order valence-corrected chi connectivity index (χ4v) is 1.79. The normalized spacial score (nSPS) is 13.2. The lowest BCUT2D eigenvalue weighted by Crippen LogP contribution is -2.27. The molecular weight excluding hydrogens is 172 g/mol. The SMILES string of the molecule is CC.NCCN1CCc2ccccc21. The fraction of sp³-hybridized carbons (Fsp3) is 0.500.